The molecule has 0 spiro atoms. The van der Waals surface area contributed by atoms with Crippen molar-refractivity contribution in [2.75, 3.05) is 14.2 Å². The molecule has 0 aliphatic carbocycles. The van der Waals surface area contributed by atoms with Crippen molar-refractivity contribution in [1.82, 2.24) is 0 Å². The van der Waals surface area contributed by atoms with Crippen LogP contribution in [0.15, 0.2) is 12.1 Å². The van der Waals surface area contributed by atoms with E-state index in [4.69, 9.17) is 14.6 Å². The molecule has 0 aromatic heterocycles. The quantitative estimate of drug-likeness (QED) is 0.695. The minimum Gasteiger partial charge on any atom is -0.507 e. The van der Waals surface area contributed by atoms with Crippen molar-refractivity contribution in [3.05, 3.63) is 17.7 Å². The zero-order valence-corrected chi connectivity index (χ0v) is 8.80. The van der Waals surface area contributed by atoms with Gasteiger partial charge in [0.2, 0.25) is 0 Å². The number of phenols is 1. The summed E-state index contributed by atoms with van der Waals surface area (Å²) >= 11 is 0. The minimum atomic E-state index is -1.81. The number of hydrogen-bond acceptors (Lipinski definition) is 5. The van der Waals surface area contributed by atoms with E-state index < -0.39 is 12.1 Å². The third kappa shape index (κ3) is 2.17. The molecular weight excluding hydrogens is 216 g/mol. The Morgan fingerprint density at radius 3 is 2.19 bits per heavy atom. The first-order valence-corrected chi connectivity index (χ1v) is 4.37. The number of hydrogen-bond donors (Lipinski definition) is 3. The lowest BCUT2D eigenvalue weighted by Crippen LogP contribution is -2.11. The Hall–Kier alpha value is -1.95. The second kappa shape index (κ2) is 4.71. The molecular formula is C10H12O6. The minimum absolute atomic E-state index is 0.148. The van der Waals surface area contributed by atoms with E-state index in [1.165, 1.54) is 26.4 Å². The molecule has 6 heteroatoms. The lowest BCUT2D eigenvalue weighted by atomic mass is 10.1. The van der Waals surface area contributed by atoms with Crippen LogP contribution in [-0.4, -0.2) is 35.5 Å². The molecule has 1 atom stereocenters. The molecule has 1 unspecified atom stereocenters. The molecule has 1 rings (SSSR count). The van der Waals surface area contributed by atoms with Gasteiger partial charge < -0.3 is 24.8 Å². The van der Waals surface area contributed by atoms with Crippen LogP contribution in [-0.2, 0) is 4.79 Å². The van der Waals surface area contributed by atoms with Crippen LogP contribution in [0.1, 0.15) is 11.7 Å². The van der Waals surface area contributed by atoms with Crippen molar-refractivity contribution in [3.63, 3.8) is 0 Å². The number of carbonyl (C=O) groups is 1. The summed E-state index contributed by atoms with van der Waals surface area (Å²) in [5.41, 5.74) is -0.148. The van der Waals surface area contributed by atoms with Crippen molar-refractivity contribution in [1.29, 1.82) is 0 Å². The lowest BCUT2D eigenvalue weighted by Gasteiger charge is -2.13. The monoisotopic (exact) mass is 228 g/mol. The zero-order valence-electron chi connectivity index (χ0n) is 8.80. The van der Waals surface area contributed by atoms with Crippen LogP contribution in [0.4, 0.5) is 0 Å². The topological polar surface area (TPSA) is 96.2 Å². The first-order valence-electron chi connectivity index (χ1n) is 4.37. The number of ether oxygens (including phenoxy) is 2. The highest BCUT2D eigenvalue weighted by molar-refractivity contribution is 5.75. The summed E-state index contributed by atoms with van der Waals surface area (Å²) in [6.07, 6.45) is -1.81. The Kier molecular flexibility index (Phi) is 3.57. The fourth-order valence-corrected chi connectivity index (χ4v) is 1.24. The van der Waals surface area contributed by atoms with Gasteiger partial charge in [0.15, 0.2) is 17.6 Å². The molecule has 3 N–H and O–H groups in total. The average molecular weight is 228 g/mol. The molecule has 0 bridgehead atoms. The van der Waals surface area contributed by atoms with Gasteiger partial charge in [0.1, 0.15) is 5.75 Å². The molecule has 0 aliphatic rings. The summed E-state index contributed by atoms with van der Waals surface area (Å²) in [4.78, 5) is 10.6. The van der Waals surface area contributed by atoms with Gasteiger partial charge in [-0.25, -0.2) is 4.79 Å². The van der Waals surface area contributed by atoms with Crippen LogP contribution in [0, 0.1) is 0 Å². The molecule has 0 saturated carbocycles. The van der Waals surface area contributed by atoms with Gasteiger partial charge in [-0.1, -0.05) is 0 Å². The van der Waals surface area contributed by atoms with Crippen molar-refractivity contribution in [2.45, 2.75) is 6.10 Å². The maximum atomic E-state index is 10.6. The third-order valence-corrected chi connectivity index (χ3v) is 2.06. The van der Waals surface area contributed by atoms with Crippen LogP contribution in [0.3, 0.4) is 0 Å². The zero-order chi connectivity index (χ0) is 12.3. The number of rotatable bonds is 4. The second-order valence-electron chi connectivity index (χ2n) is 3.01. The predicted octanol–water partition coefficient (Wildman–Crippen LogP) is 0.527. The van der Waals surface area contributed by atoms with Gasteiger partial charge in [-0.3, -0.25) is 0 Å². The van der Waals surface area contributed by atoms with Crippen LogP contribution in [0.2, 0.25) is 0 Å². The molecule has 1 aromatic carbocycles. The van der Waals surface area contributed by atoms with Gasteiger partial charge in [0.25, 0.3) is 0 Å². The summed E-state index contributed by atoms with van der Waals surface area (Å²) in [5, 5.41) is 27.4. The van der Waals surface area contributed by atoms with Crippen molar-refractivity contribution in [2.24, 2.45) is 0 Å². The molecule has 0 amide bonds. The van der Waals surface area contributed by atoms with Gasteiger partial charge in [0.05, 0.1) is 14.2 Å². The molecule has 0 fully saturated rings. The number of methoxy groups -OCH3 is 2. The molecule has 0 saturated heterocycles. The van der Waals surface area contributed by atoms with E-state index >= 15 is 0 Å². The number of aliphatic hydroxyl groups is 1. The number of aliphatic carboxylic acids is 1. The highest BCUT2D eigenvalue weighted by Crippen LogP contribution is 2.36. The number of aromatic hydroxyl groups is 1. The SMILES string of the molecule is COc1cc(O)c(C(O)C(=O)O)cc1OC. The third-order valence-electron chi connectivity index (χ3n) is 2.06. The van der Waals surface area contributed by atoms with Gasteiger partial charge in [-0.15, -0.1) is 0 Å². The highest BCUT2D eigenvalue weighted by atomic mass is 16.5. The van der Waals surface area contributed by atoms with Crippen LogP contribution >= 0.6 is 0 Å². The molecule has 88 valence electrons. The number of aliphatic hydroxyl groups excluding tert-OH is 1. The van der Waals surface area contributed by atoms with Crippen LogP contribution in [0.25, 0.3) is 0 Å². The van der Waals surface area contributed by atoms with E-state index in [-0.39, 0.29) is 22.8 Å². The number of benzene rings is 1. The Morgan fingerprint density at radius 2 is 1.75 bits per heavy atom. The number of carboxylic acid groups (broad SMARTS) is 1. The first-order chi connectivity index (χ1) is 7.51. The summed E-state index contributed by atoms with van der Waals surface area (Å²) in [6.45, 7) is 0. The van der Waals surface area contributed by atoms with Crippen LogP contribution < -0.4 is 9.47 Å². The number of phenolic OH excluding ortho intramolecular Hbond substituents is 1. The van der Waals surface area contributed by atoms with Crippen molar-refractivity contribution >= 4 is 5.97 Å². The summed E-state index contributed by atoms with van der Waals surface area (Å²) < 4.78 is 9.82. The molecule has 0 aliphatic heterocycles. The van der Waals surface area contributed by atoms with E-state index in [0.29, 0.717) is 0 Å². The largest absolute Gasteiger partial charge is 0.507 e. The summed E-state index contributed by atoms with van der Waals surface area (Å²) in [7, 11) is 2.75. The van der Waals surface area contributed by atoms with Crippen molar-refractivity contribution in [3.8, 4) is 17.2 Å². The normalized spacial score (nSPS) is 11.9. The second-order valence-corrected chi connectivity index (χ2v) is 3.01. The lowest BCUT2D eigenvalue weighted by molar-refractivity contribution is -0.147. The molecule has 16 heavy (non-hydrogen) atoms. The van der Waals surface area contributed by atoms with Gasteiger partial charge in [-0.2, -0.15) is 0 Å². The van der Waals surface area contributed by atoms with E-state index in [1.54, 1.807) is 0 Å². The molecule has 0 heterocycles. The molecule has 1 aromatic rings. The van der Waals surface area contributed by atoms with Gasteiger partial charge >= 0.3 is 5.97 Å². The van der Waals surface area contributed by atoms with E-state index in [1.807, 2.05) is 0 Å². The van der Waals surface area contributed by atoms with Crippen molar-refractivity contribution < 1.29 is 29.6 Å². The Bertz CT molecular complexity index is 401. The summed E-state index contributed by atoms with van der Waals surface area (Å²) in [5.74, 6) is -1.34. The van der Waals surface area contributed by atoms with E-state index in [2.05, 4.69) is 0 Å². The van der Waals surface area contributed by atoms with Crippen LogP contribution in [0.5, 0.6) is 17.2 Å². The summed E-state index contributed by atoms with van der Waals surface area (Å²) in [6, 6.07) is 2.40. The Balaban J connectivity index is 3.26. The van der Waals surface area contributed by atoms with E-state index in [9.17, 15) is 15.0 Å². The smallest absolute Gasteiger partial charge is 0.337 e. The van der Waals surface area contributed by atoms with Gasteiger partial charge in [-0.05, 0) is 6.07 Å². The van der Waals surface area contributed by atoms with Gasteiger partial charge in [0, 0.05) is 11.6 Å². The molecule has 0 radical (unpaired) electrons. The van der Waals surface area contributed by atoms with E-state index in [0.717, 1.165) is 0 Å². The average Bonchev–Trinajstić information content (AvgIpc) is 2.27. The predicted molar refractivity (Wildman–Crippen MR) is 53.8 cm³/mol. The standard InChI is InChI=1S/C10H12O6/c1-15-7-3-5(9(12)10(13)14)6(11)4-8(7)16-2/h3-4,9,11-12H,1-2H3,(H,13,14). The molecule has 6 nitrogen and oxygen atoms in total. The fourth-order valence-electron chi connectivity index (χ4n) is 1.24. The fraction of sp³-hybridized carbons (Fsp3) is 0.300. The Morgan fingerprint density at radius 1 is 1.25 bits per heavy atom. The number of carboxylic acids is 1. The first kappa shape index (κ1) is 12.1. The Labute approximate surface area is 91.7 Å². The highest BCUT2D eigenvalue weighted by Gasteiger charge is 2.22. The maximum absolute atomic E-state index is 10.6. The maximum Gasteiger partial charge on any atom is 0.337 e.